The van der Waals surface area contributed by atoms with Crippen molar-refractivity contribution in [2.24, 2.45) is 0 Å². The molecule has 0 saturated carbocycles. The second-order valence-electron chi connectivity index (χ2n) is 11.5. The second-order valence-corrected chi connectivity index (χ2v) is 15.1. The summed E-state index contributed by atoms with van der Waals surface area (Å²) in [5, 5.41) is -1.54. The molecule has 50 heavy (non-hydrogen) atoms. The van der Waals surface area contributed by atoms with Crippen molar-refractivity contribution in [3.8, 4) is 0 Å². The molecule has 0 aromatic heterocycles. The van der Waals surface area contributed by atoms with E-state index >= 15 is 0 Å². The van der Waals surface area contributed by atoms with E-state index in [4.69, 9.17) is 37.3 Å². The first-order valence-corrected chi connectivity index (χ1v) is 19.1. The van der Waals surface area contributed by atoms with Crippen molar-refractivity contribution >= 4 is 56.9 Å². The van der Waals surface area contributed by atoms with Crippen molar-refractivity contribution in [2.75, 3.05) is 12.9 Å². The van der Waals surface area contributed by atoms with Crippen molar-refractivity contribution in [2.45, 2.75) is 105 Å². The minimum atomic E-state index is -4.31. The number of rotatable bonds is 12. The van der Waals surface area contributed by atoms with Gasteiger partial charge in [-0.25, -0.2) is 4.79 Å². The standard InChI is InChI=1S/C33H40O14S3/c1-18-12-14-24(15-13-18)50(38,39)40-17-26-29(25(42-20(3)34)16-27(45-26)43-21(4)35)46-32-31(49-23-10-8-7-9-11-23)30(47-33(37)48-6)28(19(2)41-32)44-22(5)36/h7-15,19,25-32H,16-17H2,1-6H3/t19?,25-,26?,27+,28-,29+,30?,31?,32+/m1/s1. The highest BCUT2D eigenvalue weighted by Crippen LogP contribution is 2.40. The quantitative estimate of drug-likeness (QED) is 0.169. The summed E-state index contributed by atoms with van der Waals surface area (Å²) in [4.78, 5) is 49.7. The van der Waals surface area contributed by atoms with Crippen molar-refractivity contribution in [3.05, 3.63) is 60.2 Å². The van der Waals surface area contributed by atoms with E-state index in [0.29, 0.717) is 0 Å². The van der Waals surface area contributed by atoms with Crippen LogP contribution < -0.4 is 0 Å². The van der Waals surface area contributed by atoms with Gasteiger partial charge in [0.05, 0.1) is 24.0 Å². The van der Waals surface area contributed by atoms with Crippen molar-refractivity contribution in [1.82, 2.24) is 0 Å². The van der Waals surface area contributed by atoms with E-state index in [-0.39, 0.29) is 11.3 Å². The van der Waals surface area contributed by atoms with Gasteiger partial charge in [-0.15, -0.1) is 11.8 Å². The average Bonchev–Trinajstić information content (AvgIpc) is 3.04. The summed E-state index contributed by atoms with van der Waals surface area (Å²) in [7, 11) is -4.31. The molecule has 0 aliphatic carbocycles. The van der Waals surface area contributed by atoms with Gasteiger partial charge in [0.1, 0.15) is 23.6 Å². The van der Waals surface area contributed by atoms with E-state index in [1.165, 1.54) is 50.9 Å². The maximum atomic E-state index is 13.2. The minimum absolute atomic E-state index is 0.108. The SMILES string of the molecule is CSC(=O)OC1C(Sc2ccccc2)[C@H](O[C@@H]2C(COS(=O)(=O)c3ccc(C)cc3)O[C@H](OC(C)=O)C[C@H]2OC(C)=O)OC(C)[C@H]1OC(C)=O. The maximum Gasteiger partial charge on any atom is 0.367 e. The number of carbonyl (C=O) groups is 4. The molecule has 2 saturated heterocycles. The fourth-order valence-electron chi connectivity index (χ4n) is 5.39. The Morgan fingerprint density at radius 3 is 2.06 bits per heavy atom. The van der Waals surface area contributed by atoms with E-state index < -0.39 is 94.4 Å². The number of hydrogen-bond donors (Lipinski definition) is 0. The Kier molecular flexibility index (Phi) is 14.1. The largest absolute Gasteiger partial charge is 0.459 e. The predicted octanol–water partition coefficient (Wildman–Crippen LogP) is 4.40. The molecule has 0 amide bonds. The van der Waals surface area contributed by atoms with Crippen LogP contribution in [0.4, 0.5) is 4.79 Å². The lowest BCUT2D eigenvalue weighted by molar-refractivity contribution is -0.311. The molecule has 2 aliphatic heterocycles. The summed E-state index contributed by atoms with van der Waals surface area (Å²) in [6.45, 7) is 6.33. The number of hydrogen-bond acceptors (Lipinski definition) is 16. The monoisotopic (exact) mass is 756 g/mol. The second kappa shape index (κ2) is 17.8. The van der Waals surface area contributed by atoms with Crippen LogP contribution in [0.25, 0.3) is 0 Å². The fourth-order valence-corrected chi connectivity index (χ4v) is 7.72. The summed E-state index contributed by atoms with van der Waals surface area (Å²) in [6.07, 6.45) is -7.88. The molecule has 2 aromatic carbocycles. The van der Waals surface area contributed by atoms with Crippen LogP contribution >= 0.6 is 23.5 Å². The molecular formula is C33H40O14S3. The summed E-state index contributed by atoms with van der Waals surface area (Å²) in [5.74, 6) is -2.02. The molecule has 4 unspecified atom stereocenters. The molecule has 2 aliphatic rings. The number of thioether (sulfide) groups is 2. The predicted molar refractivity (Wildman–Crippen MR) is 180 cm³/mol. The first-order chi connectivity index (χ1) is 23.7. The smallest absolute Gasteiger partial charge is 0.367 e. The van der Waals surface area contributed by atoms with Crippen LogP contribution in [-0.2, 0) is 61.8 Å². The number of aryl methyl sites for hydroxylation is 1. The van der Waals surface area contributed by atoms with Gasteiger partial charge in [0.15, 0.2) is 18.5 Å². The molecule has 9 atom stereocenters. The van der Waals surface area contributed by atoms with Crippen LogP contribution in [0.15, 0.2) is 64.4 Å². The fraction of sp³-hybridized carbons (Fsp3) is 0.515. The van der Waals surface area contributed by atoms with Crippen LogP contribution in [0.3, 0.4) is 0 Å². The van der Waals surface area contributed by atoms with E-state index in [1.807, 2.05) is 18.2 Å². The molecule has 274 valence electrons. The number of carbonyl (C=O) groups excluding carboxylic acids is 4. The summed E-state index contributed by atoms with van der Waals surface area (Å²) in [6, 6.07) is 15.1. The lowest BCUT2D eigenvalue weighted by atomic mass is 9.99. The number of esters is 3. The Labute approximate surface area is 299 Å². The highest BCUT2D eigenvalue weighted by Gasteiger charge is 2.53. The van der Waals surface area contributed by atoms with Crippen LogP contribution in [0.2, 0.25) is 0 Å². The zero-order valence-corrected chi connectivity index (χ0v) is 30.7. The van der Waals surface area contributed by atoms with Gasteiger partial charge in [-0.05, 0) is 56.1 Å². The molecule has 17 heteroatoms. The average molecular weight is 757 g/mol. The Balaban J connectivity index is 1.73. The summed E-state index contributed by atoms with van der Waals surface area (Å²) in [5.41, 5.74) is 0.837. The molecular weight excluding hydrogens is 717 g/mol. The van der Waals surface area contributed by atoms with Crippen LogP contribution in [-0.4, -0.2) is 98.9 Å². The van der Waals surface area contributed by atoms with Gasteiger partial charge in [-0.1, -0.05) is 35.9 Å². The summed E-state index contributed by atoms with van der Waals surface area (Å²) >= 11 is 2.04. The van der Waals surface area contributed by atoms with Gasteiger partial charge in [0, 0.05) is 25.7 Å². The third kappa shape index (κ3) is 10.9. The molecule has 14 nitrogen and oxygen atoms in total. The van der Waals surface area contributed by atoms with Crippen molar-refractivity contribution in [3.63, 3.8) is 0 Å². The van der Waals surface area contributed by atoms with Crippen LogP contribution in [0.5, 0.6) is 0 Å². The van der Waals surface area contributed by atoms with Gasteiger partial charge in [-0.2, -0.15) is 8.42 Å². The third-order valence-corrected chi connectivity index (χ3v) is 10.6. The molecule has 2 aromatic rings. The Bertz CT molecular complexity index is 1590. The molecule has 0 radical (unpaired) electrons. The zero-order chi connectivity index (χ0) is 36.6. The Morgan fingerprint density at radius 1 is 0.820 bits per heavy atom. The summed E-state index contributed by atoms with van der Waals surface area (Å²) < 4.78 is 73.0. The van der Waals surface area contributed by atoms with E-state index in [2.05, 4.69) is 0 Å². The highest BCUT2D eigenvalue weighted by molar-refractivity contribution is 8.12. The van der Waals surface area contributed by atoms with Crippen LogP contribution in [0, 0.1) is 6.92 Å². The lowest BCUT2D eigenvalue weighted by Crippen LogP contribution is -2.62. The molecule has 0 bridgehead atoms. The topological polar surface area (TPSA) is 176 Å². The molecule has 4 rings (SSSR count). The molecule has 2 fully saturated rings. The normalized spacial score (nSPS) is 28.2. The highest BCUT2D eigenvalue weighted by atomic mass is 32.2. The first kappa shape index (κ1) is 39.6. The Hall–Kier alpha value is -3.19. The van der Waals surface area contributed by atoms with E-state index in [0.717, 1.165) is 22.2 Å². The van der Waals surface area contributed by atoms with E-state index in [9.17, 15) is 27.6 Å². The van der Waals surface area contributed by atoms with Crippen molar-refractivity contribution in [1.29, 1.82) is 0 Å². The van der Waals surface area contributed by atoms with Gasteiger partial charge >= 0.3 is 23.2 Å². The van der Waals surface area contributed by atoms with Gasteiger partial charge in [0.2, 0.25) is 6.29 Å². The molecule has 0 spiro atoms. The molecule has 2 heterocycles. The maximum absolute atomic E-state index is 13.2. The number of benzene rings is 2. The first-order valence-electron chi connectivity index (χ1n) is 15.6. The lowest BCUT2D eigenvalue weighted by Gasteiger charge is -2.47. The van der Waals surface area contributed by atoms with Crippen LogP contribution in [0.1, 0.15) is 39.7 Å². The van der Waals surface area contributed by atoms with Gasteiger partial charge in [0.25, 0.3) is 10.1 Å². The number of ether oxygens (including phenoxy) is 7. The van der Waals surface area contributed by atoms with E-state index in [1.54, 1.807) is 38.1 Å². The van der Waals surface area contributed by atoms with Gasteiger partial charge < -0.3 is 33.2 Å². The Morgan fingerprint density at radius 2 is 1.46 bits per heavy atom. The van der Waals surface area contributed by atoms with Gasteiger partial charge in [-0.3, -0.25) is 18.6 Å². The zero-order valence-electron chi connectivity index (χ0n) is 28.2. The molecule has 0 N–H and O–H groups in total. The minimum Gasteiger partial charge on any atom is -0.459 e. The van der Waals surface area contributed by atoms with Crippen molar-refractivity contribution < 1.29 is 64.9 Å². The third-order valence-electron chi connectivity index (χ3n) is 7.53.